The van der Waals surface area contributed by atoms with E-state index in [-0.39, 0.29) is 22.7 Å². The van der Waals surface area contributed by atoms with Crippen LogP contribution < -0.4 is 9.47 Å². The molecule has 0 radical (unpaired) electrons. The number of nitro groups is 1. The van der Waals surface area contributed by atoms with Crippen LogP contribution in [0.2, 0.25) is 0 Å². The highest BCUT2D eigenvalue weighted by molar-refractivity contribution is 5.92. The smallest absolute Gasteiger partial charge is 0.343 e. The Balaban J connectivity index is 2.22. The second-order valence-electron chi connectivity index (χ2n) is 5.41. The number of benzene rings is 2. The van der Waals surface area contributed by atoms with Crippen molar-refractivity contribution in [1.29, 1.82) is 0 Å². The highest BCUT2D eigenvalue weighted by Crippen LogP contribution is 2.30. The number of carbonyl (C=O) groups is 2. The molecular weight excluding hydrogens is 354 g/mol. The SMILES string of the molecule is COC(=O)/C=C/c1ccc(OC(=O)c2ccc([N+](=O)[O-])c(C)c2)c(OC)c1. The number of nitro benzene ring substituents is 1. The predicted octanol–water partition coefficient (Wildman–Crippen LogP) is 3.32. The van der Waals surface area contributed by atoms with E-state index >= 15 is 0 Å². The molecule has 0 heterocycles. The number of hydrogen-bond donors (Lipinski definition) is 0. The van der Waals surface area contributed by atoms with Gasteiger partial charge in [-0.15, -0.1) is 0 Å². The first-order valence-electron chi connectivity index (χ1n) is 7.77. The molecule has 0 aromatic heterocycles. The molecule has 0 atom stereocenters. The van der Waals surface area contributed by atoms with E-state index in [0.29, 0.717) is 11.1 Å². The highest BCUT2D eigenvalue weighted by Gasteiger charge is 2.17. The van der Waals surface area contributed by atoms with Crippen LogP contribution in [0.4, 0.5) is 5.69 Å². The van der Waals surface area contributed by atoms with Gasteiger partial charge < -0.3 is 14.2 Å². The summed E-state index contributed by atoms with van der Waals surface area (Å²) in [5.41, 5.74) is 1.09. The molecule has 0 N–H and O–H groups in total. The molecule has 0 fully saturated rings. The molecule has 2 aromatic rings. The number of carbonyl (C=O) groups excluding carboxylic acids is 2. The first kappa shape index (κ1) is 19.6. The summed E-state index contributed by atoms with van der Waals surface area (Å²) in [5.74, 6) is -0.718. The zero-order valence-corrected chi connectivity index (χ0v) is 14.9. The Hall–Kier alpha value is -3.68. The van der Waals surface area contributed by atoms with Gasteiger partial charge in [0.05, 0.1) is 24.7 Å². The van der Waals surface area contributed by atoms with E-state index < -0.39 is 16.9 Å². The van der Waals surface area contributed by atoms with Crippen molar-refractivity contribution < 1.29 is 28.7 Å². The zero-order valence-electron chi connectivity index (χ0n) is 14.9. The molecule has 2 rings (SSSR count). The summed E-state index contributed by atoms with van der Waals surface area (Å²) >= 11 is 0. The monoisotopic (exact) mass is 371 g/mol. The fourth-order valence-electron chi connectivity index (χ4n) is 2.25. The Labute approximate surface area is 155 Å². The first-order chi connectivity index (χ1) is 12.8. The zero-order chi connectivity index (χ0) is 20.0. The lowest BCUT2D eigenvalue weighted by molar-refractivity contribution is -0.385. The second-order valence-corrected chi connectivity index (χ2v) is 5.41. The number of aryl methyl sites for hydroxylation is 1. The maximum atomic E-state index is 12.3. The summed E-state index contributed by atoms with van der Waals surface area (Å²) in [5, 5.41) is 10.9. The average Bonchev–Trinajstić information content (AvgIpc) is 2.66. The maximum absolute atomic E-state index is 12.3. The van der Waals surface area contributed by atoms with Crippen molar-refractivity contribution in [2.45, 2.75) is 6.92 Å². The minimum Gasteiger partial charge on any atom is -0.493 e. The predicted molar refractivity (Wildman–Crippen MR) is 96.8 cm³/mol. The first-order valence-corrected chi connectivity index (χ1v) is 7.77. The molecule has 0 aliphatic rings. The Morgan fingerprint density at radius 2 is 1.81 bits per heavy atom. The van der Waals surface area contributed by atoms with Crippen LogP contribution in [-0.2, 0) is 9.53 Å². The quantitative estimate of drug-likeness (QED) is 0.252. The van der Waals surface area contributed by atoms with Gasteiger partial charge in [-0.1, -0.05) is 6.07 Å². The van der Waals surface area contributed by atoms with Crippen molar-refractivity contribution in [2.75, 3.05) is 14.2 Å². The second kappa shape index (κ2) is 8.61. The molecule has 140 valence electrons. The van der Waals surface area contributed by atoms with Crippen molar-refractivity contribution >= 4 is 23.7 Å². The lowest BCUT2D eigenvalue weighted by Gasteiger charge is -2.10. The van der Waals surface area contributed by atoms with Crippen molar-refractivity contribution in [3.63, 3.8) is 0 Å². The summed E-state index contributed by atoms with van der Waals surface area (Å²) in [6.45, 7) is 1.54. The standard InChI is InChI=1S/C19H17NO7/c1-12-10-14(6-7-15(12)20(23)24)19(22)27-16-8-4-13(11-17(16)25-2)5-9-18(21)26-3/h4-11H,1-3H3/b9-5+. The van der Waals surface area contributed by atoms with Crippen molar-refractivity contribution in [3.8, 4) is 11.5 Å². The summed E-state index contributed by atoms with van der Waals surface area (Å²) in [4.78, 5) is 33.8. The van der Waals surface area contributed by atoms with Gasteiger partial charge in [-0.2, -0.15) is 0 Å². The summed E-state index contributed by atoms with van der Waals surface area (Å²) in [6, 6.07) is 8.71. The number of ether oxygens (including phenoxy) is 3. The number of methoxy groups -OCH3 is 2. The van der Waals surface area contributed by atoms with Crippen LogP contribution in [0.1, 0.15) is 21.5 Å². The lowest BCUT2D eigenvalue weighted by atomic mass is 10.1. The summed E-state index contributed by atoms with van der Waals surface area (Å²) in [7, 11) is 2.69. The Morgan fingerprint density at radius 3 is 2.41 bits per heavy atom. The third-order valence-electron chi connectivity index (χ3n) is 3.63. The third-order valence-corrected chi connectivity index (χ3v) is 3.63. The molecule has 0 aliphatic heterocycles. The number of hydrogen-bond acceptors (Lipinski definition) is 7. The Kier molecular flexibility index (Phi) is 6.27. The van der Waals surface area contributed by atoms with E-state index in [0.717, 1.165) is 0 Å². The Morgan fingerprint density at radius 1 is 1.07 bits per heavy atom. The molecular formula is C19H17NO7. The minimum absolute atomic E-state index is 0.0779. The van der Waals surface area contributed by atoms with Gasteiger partial charge in [-0.3, -0.25) is 10.1 Å². The van der Waals surface area contributed by atoms with Gasteiger partial charge in [-0.25, -0.2) is 9.59 Å². The number of esters is 2. The van der Waals surface area contributed by atoms with Crippen molar-refractivity contribution in [1.82, 2.24) is 0 Å². The molecule has 0 saturated carbocycles. The fourth-order valence-corrected chi connectivity index (χ4v) is 2.25. The van der Waals surface area contributed by atoms with E-state index in [2.05, 4.69) is 4.74 Å². The Bertz CT molecular complexity index is 918. The fraction of sp³-hybridized carbons (Fsp3) is 0.158. The van der Waals surface area contributed by atoms with Gasteiger partial charge in [0.1, 0.15) is 0 Å². The van der Waals surface area contributed by atoms with Crippen LogP contribution in [0.25, 0.3) is 6.08 Å². The molecule has 0 bridgehead atoms. The van der Waals surface area contributed by atoms with E-state index in [9.17, 15) is 19.7 Å². The molecule has 8 heteroatoms. The van der Waals surface area contributed by atoms with E-state index in [1.54, 1.807) is 12.1 Å². The lowest BCUT2D eigenvalue weighted by Crippen LogP contribution is -2.10. The van der Waals surface area contributed by atoms with Crippen LogP contribution in [-0.4, -0.2) is 31.1 Å². The van der Waals surface area contributed by atoms with Crippen LogP contribution in [0.5, 0.6) is 11.5 Å². The molecule has 0 spiro atoms. The van der Waals surface area contributed by atoms with Crippen LogP contribution in [0.15, 0.2) is 42.5 Å². The molecule has 2 aromatic carbocycles. The summed E-state index contributed by atoms with van der Waals surface area (Å²) in [6.07, 6.45) is 2.78. The summed E-state index contributed by atoms with van der Waals surface area (Å²) < 4.78 is 15.1. The van der Waals surface area contributed by atoms with Crippen LogP contribution in [0, 0.1) is 17.0 Å². The van der Waals surface area contributed by atoms with Gasteiger partial charge in [0, 0.05) is 17.7 Å². The van der Waals surface area contributed by atoms with Crippen LogP contribution in [0.3, 0.4) is 0 Å². The molecule has 0 saturated heterocycles. The molecule has 27 heavy (non-hydrogen) atoms. The maximum Gasteiger partial charge on any atom is 0.343 e. The number of nitrogens with zero attached hydrogens (tertiary/aromatic N) is 1. The van der Waals surface area contributed by atoms with Crippen LogP contribution >= 0.6 is 0 Å². The van der Waals surface area contributed by atoms with Crippen molar-refractivity contribution in [3.05, 3.63) is 69.3 Å². The topological polar surface area (TPSA) is 105 Å². The molecule has 8 nitrogen and oxygen atoms in total. The average molecular weight is 371 g/mol. The van der Waals surface area contributed by atoms with Gasteiger partial charge in [0.15, 0.2) is 11.5 Å². The van der Waals surface area contributed by atoms with Gasteiger partial charge in [-0.05, 0) is 42.8 Å². The van der Waals surface area contributed by atoms with Gasteiger partial charge >= 0.3 is 11.9 Å². The number of rotatable bonds is 6. The molecule has 0 amide bonds. The molecule has 0 unspecified atom stereocenters. The normalized spacial score (nSPS) is 10.5. The molecule has 0 aliphatic carbocycles. The van der Waals surface area contributed by atoms with E-state index in [1.165, 1.54) is 57.6 Å². The van der Waals surface area contributed by atoms with Gasteiger partial charge in [0.25, 0.3) is 5.69 Å². The van der Waals surface area contributed by atoms with Gasteiger partial charge in [0.2, 0.25) is 0 Å². The van der Waals surface area contributed by atoms with E-state index in [4.69, 9.17) is 9.47 Å². The third kappa shape index (κ3) is 4.91. The minimum atomic E-state index is -0.677. The highest BCUT2D eigenvalue weighted by atomic mass is 16.6. The largest absolute Gasteiger partial charge is 0.493 e. The van der Waals surface area contributed by atoms with Crippen molar-refractivity contribution in [2.24, 2.45) is 0 Å². The van der Waals surface area contributed by atoms with E-state index in [1.807, 2.05) is 0 Å².